The molecule has 0 radical (unpaired) electrons. The topological polar surface area (TPSA) is 52.7 Å². The molecule has 0 spiro atoms. The van der Waals surface area contributed by atoms with Crippen molar-refractivity contribution in [3.8, 4) is 0 Å². The van der Waals surface area contributed by atoms with Crippen LogP contribution in [0.25, 0.3) is 0 Å². The maximum absolute atomic E-state index is 12.9. The highest BCUT2D eigenvalue weighted by atomic mass is 35.5. The highest BCUT2D eigenvalue weighted by Crippen LogP contribution is 2.27. The first kappa shape index (κ1) is 24.1. The Morgan fingerprint density at radius 1 is 0.879 bits per heavy atom. The molecule has 4 rings (SSSR count). The molecule has 0 bridgehead atoms. The van der Waals surface area contributed by atoms with Gasteiger partial charge < -0.3 is 15.1 Å². The monoisotopic (exact) mass is 487 g/mol. The molecule has 2 aliphatic heterocycles. The van der Waals surface area contributed by atoms with Crippen LogP contribution >= 0.6 is 23.2 Å². The molecule has 5 nitrogen and oxygen atoms in total. The van der Waals surface area contributed by atoms with Gasteiger partial charge in [-0.3, -0.25) is 9.59 Å². The van der Waals surface area contributed by atoms with Gasteiger partial charge in [0.15, 0.2) is 0 Å². The number of carbonyl (C=O) groups is 2. The van der Waals surface area contributed by atoms with Gasteiger partial charge in [-0.25, -0.2) is 0 Å². The molecule has 176 valence electrons. The third kappa shape index (κ3) is 5.71. The minimum atomic E-state index is -0.0307. The summed E-state index contributed by atoms with van der Waals surface area (Å²) in [5.74, 6) is 0.145. The third-order valence-electron chi connectivity index (χ3n) is 7.10. The summed E-state index contributed by atoms with van der Waals surface area (Å²) in [6.45, 7) is 7.42. The van der Waals surface area contributed by atoms with Gasteiger partial charge in [0, 0.05) is 35.8 Å². The molecule has 2 saturated heterocycles. The van der Waals surface area contributed by atoms with Gasteiger partial charge in [0.2, 0.25) is 5.91 Å². The first-order chi connectivity index (χ1) is 15.8. The lowest BCUT2D eigenvalue weighted by Gasteiger charge is -2.41. The van der Waals surface area contributed by atoms with E-state index < -0.39 is 0 Å². The first-order valence-corrected chi connectivity index (χ1v) is 12.4. The van der Waals surface area contributed by atoms with E-state index in [4.69, 9.17) is 23.2 Å². The molecule has 2 aromatic rings. The van der Waals surface area contributed by atoms with Gasteiger partial charge in [-0.05, 0) is 94.1 Å². The van der Waals surface area contributed by atoms with Crippen molar-refractivity contribution >= 4 is 40.7 Å². The van der Waals surface area contributed by atoms with Crippen molar-refractivity contribution in [1.82, 2.24) is 9.80 Å². The van der Waals surface area contributed by atoms with Gasteiger partial charge in [-0.2, -0.15) is 0 Å². The van der Waals surface area contributed by atoms with Gasteiger partial charge in [0.05, 0.1) is 10.6 Å². The van der Waals surface area contributed by atoms with Crippen LogP contribution in [-0.2, 0) is 4.79 Å². The van der Waals surface area contributed by atoms with Gasteiger partial charge in [0.25, 0.3) is 5.91 Å². The number of amides is 2. The number of hydrogen-bond acceptors (Lipinski definition) is 3. The Labute approximate surface area is 206 Å². The van der Waals surface area contributed by atoms with Crippen LogP contribution in [0.1, 0.15) is 47.2 Å². The van der Waals surface area contributed by atoms with Crippen LogP contribution in [0.4, 0.5) is 5.69 Å². The van der Waals surface area contributed by atoms with Crippen LogP contribution in [0.5, 0.6) is 0 Å². The number of likely N-dealkylation sites (tertiary alicyclic amines) is 2. The Balaban J connectivity index is 1.25. The quantitative estimate of drug-likeness (QED) is 0.613. The van der Waals surface area contributed by atoms with Gasteiger partial charge in [-0.1, -0.05) is 29.3 Å². The molecule has 2 fully saturated rings. The second-order valence-corrected chi connectivity index (χ2v) is 10.1. The maximum atomic E-state index is 12.9. The van der Waals surface area contributed by atoms with Crippen molar-refractivity contribution in [2.24, 2.45) is 5.92 Å². The second kappa shape index (κ2) is 10.5. The maximum Gasteiger partial charge on any atom is 0.255 e. The number of nitrogens with one attached hydrogen (secondary N) is 1. The standard InChI is InChI=1S/C26H31Cl2N3O2/c1-17-3-5-21(15-18(17)2)29-25(32)19-7-11-30(12-8-19)22-9-13-31(14-10-22)26(33)23-6-4-20(27)16-24(23)28/h3-6,15-16,19,22H,7-14H2,1-2H3,(H,29,32). The Bertz CT molecular complexity index is 1030. The molecule has 0 aliphatic carbocycles. The van der Waals surface area contributed by atoms with Crippen LogP contribution in [0.2, 0.25) is 10.0 Å². The Hall–Kier alpha value is -2.08. The Morgan fingerprint density at radius 2 is 1.58 bits per heavy atom. The van der Waals surface area contributed by atoms with E-state index in [2.05, 4.69) is 24.1 Å². The van der Waals surface area contributed by atoms with E-state index >= 15 is 0 Å². The zero-order chi connectivity index (χ0) is 23.5. The average molecular weight is 488 g/mol. The summed E-state index contributed by atoms with van der Waals surface area (Å²) in [6.07, 6.45) is 3.62. The number of piperidine rings is 2. The number of rotatable bonds is 4. The zero-order valence-corrected chi connectivity index (χ0v) is 20.8. The normalized spacial score (nSPS) is 18.4. The molecule has 33 heavy (non-hydrogen) atoms. The number of halogens is 2. The third-order valence-corrected chi connectivity index (χ3v) is 7.65. The molecule has 2 aliphatic rings. The summed E-state index contributed by atoms with van der Waals surface area (Å²) in [6, 6.07) is 11.5. The molecular weight excluding hydrogens is 457 g/mol. The van der Waals surface area contributed by atoms with Crippen LogP contribution in [0, 0.1) is 19.8 Å². The summed E-state index contributed by atoms with van der Waals surface area (Å²) in [5, 5.41) is 4.02. The Kier molecular flexibility index (Phi) is 7.62. The Morgan fingerprint density at radius 3 is 2.21 bits per heavy atom. The van der Waals surface area contributed by atoms with Gasteiger partial charge in [-0.15, -0.1) is 0 Å². The highest BCUT2D eigenvalue weighted by molar-refractivity contribution is 6.36. The summed E-state index contributed by atoms with van der Waals surface area (Å²) in [4.78, 5) is 30.0. The fourth-order valence-electron chi connectivity index (χ4n) is 4.86. The first-order valence-electron chi connectivity index (χ1n) is 11.7. The van der Waals surface area contributed by atoms with Crippen LogP contribution in [0.15, 0.2) is 36.4 Å². The summed E-state index contributed by atoms with van der Waals surface area (Å²) < 4.78 is 0. The number of nitrogens with zero attached hydrogens (tertiary/aromatic N) is 2. The van der Waals surface area contributed by atoms with E-state index in [1.165, 1.54) is 11.1 Å². The van der Waals surface area contributed by atoms with Crippen LogP contribution < -0.4 is 5.32 Å². The van der Waals surface area contributed by atoms with E-state index in [9.17, 15) is 9.59 Å². The fourth-order valence-corrected chi connectivity index (χ4v) is 5.35. The summed E-state index contributed by atoms with van der Waals surface area (Å²) >= 11 is 12.2. The SMILES string of the molecule is Cc1ccc(NC(=O)C2CCN(C3CCN(C(=O)c4ccc(Cl)cc4Cl)CC3)CC2)cc1C. The van der Waals surface area contributed by atoms with E-state index in [1.54, 1.807) is 18.2 Å². The van der Waals surface area contributed by atoms with Crippen LogP contribution in [-0.4, -0.2) is 53.8 Å². The highest BCUT2D eigenvalue weighted by Gasteiger charge is 2.32. The van der Waals surface area contributed by atoms with Crippen molar-refractivity contribution in [2.75, 3.05) is 31.5 Å². The van der Waals surface area contributed by atoms with Crippen molar-refractivity contribution in [1.29, 1.82) is 0 Å². The molecule has 2 heterocycles. The van der Waals surface area contributed by atoms with E-state index in [0.29, 0.717) is 21.7 Å². The van der Waals surface area contributed by atoms with E-state index in [0.717, 1.165) is 57.5 Å². The van der Waals surface area contributed by atoms with Crippen molar-refractivity contribution < 1.29 is 9.59 Å². The molecule has 2 aromatic carbocycles. The van der Waals surface area contributed by atoms with Crippen LogP contribution in [0.3, 0.4) is 0 Å². The van der Waals surface area contributed by atoms with Gasteiger partial charge in [0.1, 0.15) is 0 Å². The molecule has 7 heteroatoms. The molecule has 0 aromatic heterocycles. The lowest BCUT2D eigenvalue weighted by molar-refractivity contribution is -0.121. The minimum absolute atomic E-state index is 0.0307. The van der Waals surface area contributed by atoms with Crippen molar-refractivity contribution in [3.05, 3.63) is 63.1 Å². The predicted molar refractivity (Wildman–Crippen MR) is 134 cm³/mol. The predicted octanol–water partition coefficient (Wildman–Crippen LogP) is 5.57. The lowest BCUT2D eigenvalue weighted by atomic mass is 9.92. The smallest absolute Gasteiger partial charge is 0.255 e. The summed E-state index contributed by atoms with van der Waals surface area (Å²) in [7, 11) is 0. The number of hydrogen-bond donors (Lipinski definition) is 1. The lowest BCUT2D eigenvalue weighted by Crippen LogP contribution is -2.49. The second-order valence-electron chi connectivity index (χ2n) is 9.25. The minimum Gasteiger partial charge on any atom is -0.338 e. The molecule has 0 atom stereocenters. The fraction of sp³-hybridized carbons (Fsp3) is 0.462. The number of carbonyl (C=O) groups excluding carboxylic acids is 2. The molecule has 2 amide bonds. The van der Waals surface area contributed by atoms with E-state index in [-0.39, 0.29) is 17.7 Å². The number of benzene rings is 2. The molecule has 0 saturated carbocycles. The summed E-state index contributed by atoms with van der Waals surface area (Å²) in [5.41, 5.74) is 3.80. The van der Waals surface area contributed by atoms with E-state index in [1.807, 2.05) is 23.1 Å². The van der Waals surface area contributed by atoms with Crippen molar-refractivity contribution in [3.63, 3.8) is 0 Å². The van der Waals surface area contributed by atoms with Gasteiger partial charge >= 0.3 is 0 Å². The average Bonchev–Trinajstić information content (AvgIpc) is 2.81. The largest absolute Gasteiger partial charge is 0.338 e. The van der Waals surface area contributed by atoms with Crippen molar-refractivity contribution in [2.45, 2.75) is 45.6 Å². The number of aryl methyl sites for hydroxylation is 2. The molecule has 0 unspecified atom stereocenters. The molecular formula is C26H31Cl2N3O2. The number of anilines is 1. The molecule has 1 N–H and O–H groups in total. The zero-order valence-electron chi connectivity index (χ0n) is 19.2.